The first-order valence-electron chi connectivity index (χ1n) is 12.4. The van der Waals surface area contributed by atoms with Crippen molar-refractivity contribution in [3.63, 3.8) is 0 Å². The first kappa shape index (κ1) is 23.5. The van der Waals surface area contributed by atoms with Crippen LogP contribution in [0.2, 0.25) is 0 Å². The Bertz CT molecular complexity index is 950. The Labute approximate surface area is 197 Å². The van der Waals surface area contributed by atoms with E-state index < -0.39 is 18.1 Å². The second-order valence-electron chi connectivity index (χ2n) is 9.77. The molecule has 1 amide bonds. The van der Waals surface area contributed by atoms with E-state index in [1.807, 2.05) is 23.1 Å². The monoisotopic (exact) mass is 448 g/mol. The molecule has 1 aliphatic heterocycles. The lowest BCUT2D eigenvalue weighted by Crippen LogP contribution is -2.51. The Morgan fingerprint density at radius 2 is 1.79 bits per heavy atom. The number of anilines is 1. The average molecular weight is 449 g/mol. The lowest BCUT2D eigenvalue weighted by atomic mass is 9.85. The number of carboxylic acids is 1. The zero-order chi connectivity index (χ0) is 23.2. The second-order valence-corrected chi connectivity index (χ2v) is 9.77. The van der Waals surface area contributed by atoms with E-state index in [-0.39, 0.29) is 5.91 Å². The van der Waals surface area contributed by atoms with Gasteiger partial charge in [0.25, 0.3) is 0 Å². The minimum atomic E-state index is -0.856. The normalized spacial score (nSPS) is 20.2. The van der Waals surface area contributed by atoms with Crippen molar-refractivity contribution >= 4 is 17.6 Å². The minimum Gasteiger partial charge on any atom is -0.480 e. The third-order valence-electron chi connectivity index (χ3n) is 7.30. The fraction of sp³-hybridized carbons (Fsp3) is 0.500. The Balaban J connectivity index is 1.51. The molecule has 2 N–H and O–H groups in total. The van der Waals surface area contributed by atoms with Crippen LogP contribution in [0, 0.1) is 12.8 Å². The highest BCUT2D eigenvalue weighted by molar-refractivity contribution is 5.98. The summed E-state index contributed by atoms with van der Waals surface area (Å²) in [6.07, 6.45) is 9.05. The highest BCUT2D eigenvalue weighted by Crippen LogP contribution is 2.30. The molecule has 2 aliphatic rings. The van der Waals surface area contributed by atoms with Gasteiger partial charge in [-0.25, -0.2) is 0 Å². The lowest BCUT2D eigenvalue weighted by Gasteiger charge is -2.29. The molecule has 0 radical (unpaired) electrons. The first-order valence-corrected chi connectivity index (χ1v) is 12.4. The predicted molar refractivity (Wildman–Crippen MR) is 131 cm³/mol. The molecule has 2 atom stereocenters. The number of benzene rings is 2. The molecule has 1 aliphatic carbocycles. The van der Waals surface area contributed by atoms with Gasteiger partial charge >= 0.3 is 5.97 Å². The number of aliphatic carboxylic acids is 1. The predicted octanol–water partition coefficient (Wildman–Crippen LogP) is 5.25. The molecular formula is C28H36N2O3. The van der Waals surface area contributed by atoms with E-state index in [4.69, 9.17) is 0 Å². The summed E-state index contributed by atoms with van der Waals surface area (Å²) in [7, 11) is 0. The molecule has 0 unspecified atom stereocenters. The smallest absolute Gasteiger partial charge is 0.320 e. The van der Waals surface area contributed by atoms with Crippen molar-refractivity contribution in [1.29, 1.82) is 0 Å². The molecule has 0 saturated heterocycles. The van der Waals surface area contributed by atoms with Crippen LogP contribution in [0.5, 0.6) is 0 Å². The molecule has 5 nitrogen and oxygen atoms in total. The summed E-state index contributed by atoms with van der Waals surface area (Å²) in [4.78, 5) is 27.6. The van der Waals surface area contributed by atoms with E-state index in [1.165, 1.54) is 37.7 Å². The fourth-order valence-electron chi connectivity index (χ4n) is 5.31. The average Bonchev–Trinajstić information content (AvgIpc) is 2.95. The summed E-state index contributed by atoms with van der Waals surface area (Å²) >= 11 is 0. The minimum absolute atomic E-state index is 0.0376. The highest BCUT2D eigenvalue weighted by atomic mass is 16.4. The van der Waals surface area contributed by atoms with Gasteiger partial charge < -0.3 is 10.0 Å². The van der Waals surface area contributed by atoms with Crippen molar-refractivity contribution in [3.05, 3.63) is 65.2 Å². The number of carboxylic acid groups (broad SMARTS) is 1. The Kier molecular flexibility index (Phi) is 7.81. The SMILES string of the molecule is Cc1ccc(CN2C(=O)[C@H](N[C@@H](CCC3CCCCC3)C(=O)O)CCc3ccccc32)cc1. The topological polar surface area (TPSA) is 69.6 Å². The maximum absolute atomic E-state index is 13.7. The Morgan fingerprint density at radius 3 is 2.52 bits per heavy atom. The van der Waals surface area contributed by atoms with Gasteiger partial charge in [-0.3, -0.25) is 14.9 Å². The maximum Gasteiger partial charge on any atom is 0.320 e. The summed E-state index contributed by atoms with van der Waals surface area (Å²) < 4.78 is 0. The van der Waals surface area contributed by atoms with Crippen LogP contribution in [0.25, 0.3) is 0 Å². The first-order chi connectivity index (χ1) is 16.0. The van der Waals surface area contributed by atoms with E-state index in [0.29, 0.717) is 25.3 Å². The molecule has 2 aromatic carbocycles. The third kappa shape index (κ3) is 6.02. The number of carbonyl (C=O) groups is 2. The molecule has 2 aromatic rings. The van der Waals surface area contributed by atoms with Crippen LogP contribution in [0.15, 0.2) is 48.5 Å². The van der Waals surface area contributed by atoms with E-state index in [0.717, 1.165) is 29.7 Å². The van der Waals surface area contributed by atoms with Gasteiger partial charge in [-0.2, -0.15) is 0 Å². The number of nitrogens with one attached hydrogen (secondary N) is 1. The van der Waals surface area contributed by atoms with Crippen LogP contribution in [-0.2, 0) is 22.6 Å². The van der Waals surface area contributed by atoms with E-state index in [1.54, 1.807) is 0 Å². The van der Waals surface area contributed by atoms with Crippen molar-refractivity contribution in [2.45, 2.75) is 83.3 Å². The quantitative estimate of drug-likeness (QED) is 0.579. The third-order valence-corrected chi connectivity index (χ3v) is 7.30. The highest BCUT2D eigenvalue weighted by Gasteiger charge is 2.33. The summed E-state index contributed by atoms with van der Waals surface area (Å²) in [5.74, 6) is -0.274. The van der Waals surface area contributed by atoms with Crippen LogP contribution in [-0.4, -0.2) is 29.1 Å². The van der Waals surface area contributed by atoms with Gasteiger partial charge in [-0.1, -0.05) is 80.1 Å². The standard InChI is InChI=1S/C28H36N2O3/c1-20-11-13-22(14-12-20)19-30-26-10-6-5-9-23(26)16-18-24(27(30)31)29-25(28(32)33)17-15-21-7-3-2-4-8-21/h5-6,9-14,21,24-25,29H,2-4,7-8,15-19H2,1H3,(H,32,33)/t24-,25+/m1/s1. The lowest BCUT2D eigenvalue weighted by molar-refractivity contribution is -0.140. The van der Waals surface area contributed by atoms with Crippen LogP contribution >= 0.6 is 0 Å². The molecule has 4 rings (SSSR count). The fourth-order valence-corrected chi connectivity index (χ4v) is 5.31. The molecule has 1 saturated carbocycles. The zero-order valence-corrected chi connectivity index (χ0v) is 19.6. The number of para-hydroxylation sites is 1. The largest absolute Gasteiger partial charge is 0.480 e. The molecule has 176 valence electrons. The number of rotatable bonds is 8. The molecule has 1 heterocycles. The van der Waals surface area contributed by atoms with Gasteiger partial charge in [0.05, 0.1) is 12.6 Å². The molecule has 0 spiro atoms. The van der Waals surface area contributed by atoms with Crippen molar-refractivity contribution < 1.29 is 14.7 Å². The van der Waals surface area contributed by atoms with Gasteiger partial charge in [0.15, 0.2) is 0 Å². The number of aryl methyl sites for hydroxylation is 2. The van der Waals surface area contributed by atoms with E-state index in [2.05, 4.69) is 42.6 Å². The van der Waals surface area contributed by atoms with Gasteiger partial charge in [0.2, 0.25) is 5.91 Å². The van der Waals surface area contributed by atoms with Gasteiger partial charge in [0.1, 0.15) is 6.04 Å². The van der Waals surface area contributed by atoms with Crippen LogP contribution in [0.3, 0.4) is 0 Å². The van der Waals surface area contributed by atoms with Crippen molar-refractivity contribution in [1.82, 2.24) is 5.32 Å². The number of fused-ring (bicyclic) bond motifs is 1. The number of nitrogens with zero attached hydrogens (tertiary/aromatic N) is 1. The maximum atomic E-state index is 13.7. The molecule has 1 fully saturated rings. The Morgan fingerprint density at radius 1 is 1.06 bits per heavy atom. The summed E-state index contributed by atoms with van der Waals surface area (Å²) in [6, 6.07) is 15.1. The van der Waals surface area contributed by atoms with Crippen molar-refractivity contribution in [3.8, 4) is 0 Å². The molecule has 0 bridgehead atoms. The van der Waals surface area contributed by atoms with E-state index >= 15 is 0 Å². The number of amides is 1. The molecule has 33 heavy (non-hydrogen) atoms. The molecular weight excluding hydrogens is 412 g/mol. The number of hydrogen-bond donors (Lipinski definition) is 2. The van der Waals surface area contributed by atoms with Crippen LogP contribution < -0.4 is 10.2 Å². The number of hydrogen-bond acceptors (Lipinski definition) is 3. The molecule has 0 aromatic heterocycles. The van der Waals surface area contributed by atoms with Gasteiger partial charge in [0, 0.05) is 5.69 Å². The summed E-state index contributed by atoms with van der Waals surface area (Å²) in [6.45, 7) is 2.53. The van der Waals surface area contributed by atoms with E-state index in [9.17, 15) is 14.7 Å². The number of carbonyl (C=O) groups excluding carboxylic acids is 1. The zero-order valence-electron chi connectivity index (χ0n) is 19.6. The summed E-state index contributed by atoms with van der Waals surface area (Å²) in [5, 5.41) is 13.2. The summed E-state index contributed by atoms with van der Waals surface area (Å²) in [5.41, 5.74) is 4.32. The van der Waals surface area contributed by atoms with Crippen LogP contribution in [0.4, 0.5) is 5.69 Å². The Hall–Kier alpha value is -2.66. The van der Waals surface area contributed by atoms with Crippen molar-refractivity contribution in [2.75, 3.05) is 4.90 Å². The van der Waals surface area contributed by atoms with Gasteiger partial charge in [-0.05, 0) is 55.7 Å². The second kappa shape index (κ2) is 11.0. The molecule has 5 heteroatoms. The van der Waals surface area contributed by atoms with Crippen molar-refractivity contribution in [2.24, 2.45) is 5.92 Å². The van der Waals surface area contributed by atoms with Crippen LogP contribution in [0.1, 0.15) is 68.1 Å². The van der Waals surface area contributed by atoms with Gasteiger partial charge in [-0.15, -0.1) is 0 Å².